The Morgan fingerprint density at radius 1 is 1.22 bits per heavy atom. The second-order valence-electron chi connectivity index (χ2n) is 6.04. The highest BCUT2D eigenvalue weighted by Gasteiger charge is 2.20. The number of furan rings is 1. The van der Waals surface area contributed by atoms with Crippen LogP contribution in [0, 0.1) is 0 Å². The molecule has 3 aromatic rings. The van der Waals surface area contributed by atoms with Gasteiger partial charge in [0.1, 0.15) is 11.8 Å². The Morgan fingerprint density at radius 3 is 2.52 bits per heavy atom. The average Bonchev–Trinajstić information content (AvgIpc) is 3.36. The summed E-state index contributed by atoms with van der Waals surface area (Å²) in [5, 5.41) is 7.05. The van der Waals surface area contributed by atoms with Crippen LogP contribution in [0.2, 0.25) is 0 Å². The van der Waals surface area contributed by atoms with Gasteiger partial charge in [-0.2, -0.15) is 5.10 Å². The van der Waals surface area contributed by atoms with E-state index in [2.05, 4.69) is 10.4 Å². The van der Waals surface area contributed by atoms with Gasteiger partial charge in [0, 0.05) is 38.6 Å². The second kappa shape index (κ2) is 7.77. The van der Waals surface area contributed by atoms with E-state index >= 15 is 0 Å². The molecule has 0 radical (unpaired) electrons. The van der Waals surface area contributed by atoms with E-state index < -0.39 is 10.0 Å². The Morgan fingerprint density at radius 2 is 1.96 bits per heavy atom. The van der Waals surface area contributed by atoms with E-state index in [0.29, 0.717) is 11.3 Å². The van der Waals surface area contributed by atoms with E-state index in [0.717, 1.165) is 4.31 Å². The molecule has 8 nitrogen and oxygen atoms in total. The number of hydrogen-bond acceptors (Lipinski definition) is 5. The van der Waals surface area contributed by atoms with Gasteiger partial charge in [-0.05, 0) is 42.5 Å². The van der Waals surface area contributed by atoms with Crippen LogP contribution in [0.5, 0.6) is 0 Å². The molecule has 9 heteroatoms. The van der Waals surface area contributed by atoms with Crippen LogP contribution in [-0.2, 0) is 10.0 Å². The molecule has 0 bridgehead atoms. The fourth-order valence-corrected chi connectivity index (χ4v) is 3.45. The summed E-state index contributed by atoms with van der Waals surface area (Å²) >= 11 is 0. The van der Waals surface area contributed by atoms with Crippen molar-refractivity contribution in [3.63, 3.8) is 0 Å². The molecule has 1 N–H and O–H groups in total. The van der Waals surface area contributed by atoms with Crippen molar-refractivity contribution < 1.29 is 17.6 Å². The topological polar surface area (TPSA) is 97.4 Å². The SMILES string of the molecule is CN(C)S(=O)(=O)c1ccc(C(=O)NC[C@@H](c2ccco2)n2cccn2)cc1. The monoisotopic (exact) mass is 388 g/mol. The molecule has 2 aromatic heterocycles. The lowest BCUT2D eigenvalue weighted by Gasteiger charge is -2.16. The van der Waals surface area contributed by atoms with Crippen molar-refractivity contribution in [1.82, 2.24) is 19.4 Å². The number of sulfonamides is 1. The molecular formula is C18H20N4O4S. The van der Waals surface area contributed by atoms with Gasteiger partial charge in [-0.25, -0.2) is 12.7 Å². The zero-order chi connectivity index (χ0) is 19.4. The highest BCUT2D eigenvalue weighted by molar-refractivity contribution is 7.89. The summed E-state index contributed by atoms with van der Waals surface area (Å²) in [7, 11) is -0.610. The number of aromatic nitrogens is 2. The lowest BCUT2D eigenvalue weighted by molar-refractivity contribution is 0.0948. The molecule has 0 aliphatic heterocycles. The van der Waals surface area contributed by atoms with Crippen LogP contribution < -0.4 is 5.32 Å². The van der Waals surface area contributed by atoms with Gasteiger partial charge in [0.05, 0.1) is 11.2 Å². The highest BCUT2D eigenvalue weighted by Crippen LogP contribution is 2.18. The molecule has 0 spiro atoms. The van der Waals surface area contributed by atoms with E-state index in [1.807, 2.05) is 6.07 Å². The van der Waals surface area contributed by atoms with E-state index in [1.165, 1.54) is 38.4 Å². The molecule has 1 aromatic carbocycles. The lowest BCUT2D eigenvalue weighted by Crippen LogP contribution is -2.31. The van der Waals surface area contributed by atoms with Gasteiger partial charge in [0.2, 0.25) is 10.0 Å². The number of nitrogens with one attached hydrogen (secondary N) is 1. The first kappa shape index (κ1) is 18.9. The Kier molecular flexibility index (Phi) is 5.43. The molecule has 0 saturated heterocycles. The van der Waals surface area contributed by atoms with E-state index in [9.17, 15) is 13.2 Å². The highest BCUT2D eigenvalue weighted by atomic mass is 32.2. The zero-order valence-electron chi connectivity index (χ0n) is 14.9. The van der Waals surface area contributed by atoms with Crippen LogP contribution in [0.25, 0.3) is 0 Å². The van der Waals surface area contributed by atoms with Gasteiger partial charge < -0.3 is 9.73 Å². The van der Waals surface area contributed by atoms with Crippen LogP contribution in [-0.4, -0.2) is 49.1 Å². The summed E-state index contributed by atoms with van der Waals surface area (Å²) in [5.41, 5.74) is 0.367. The van der Waals surface area contributed by atoms with Gasteiger partial charge >= 0.3 is 0 Å². The summed E-state index contributed by atoms with van der Waals surface area (Å²) in [4.78, 5) is 12.6. The minimum Gasteiger partial charge on any atom is -0.467 e. The minimum absolute atomic E-state index is 0.133. The summed E-state index contributed by atoms with van der Waals surface area (Å²) < 4.78 is 32.5. The standard InChI is InChI=1S/C18H20N4O4S/c1-21(2)27(24,25)15-8-6-14(7-9-15)18(23)19-13-16(17-5-3-12-26-17)22-11-4-10-20-22/h3-12,16H,13H2,1-2H3,(H,19,23)/t16-/m0/s1. The molecular weight excluding hydrogens is 368 g/mol. The molecule has 1 amide bonds. The predicted molar refractivity (Wildman–Crippen MR) is 98.7 cm³/mol. The lowest BCUT2D eigenvalue weighted by atomic mass is 10.2. The maximum atomic E-state index is 12.5. The van der Waals surface area contributed by atoms with Crippen molar-refractivity contribution in [2.45, 2.75) is 10.9 Å². The first-order valence-electron chi connectivity index (χ1n) is 8.23. The van der Waals surface area contributed by atoms with E-state index in [-0.39, 0.29) is 23.4 Å². The fourth-order valence-electron chi connectivity index (χ4n) is 2.55. The van der Waals surface area contributed by atoms with Gasteiger partial charge in [0.15, 0.2) is 0 Å². The molecule has 1 atom stereocenters. The Balaban J connectivity index is 1.71. The van der Waals surface area contributed by atoms with Crippen molar-refractivity contribution >= 4 is 15.9 Å². The Labute approximate surface area is 157 Å². The van der Waals surface area contributed by atoms with Crippen LogP contribution >= 0.6 is 0 Å². The van der Waals surface area contributed by atoms with E-state index in [4.69, 9.17) is 4.42 Å². The fraction of sp³-hybridized carbons (Fsp3) is 0.222. The van der Waals surface area contributed by atoms with Crippen LogP contribution in [0.4, 0.5) is 0 Å². The molecule has 0 aliphatic carbocycles. The smallest absolute Gasteiger partial charge is 0.251 e. The quantitative estimate of drug-likeness (QED) is 0.665. The number of nitrogens with zero attached hydrogens (tertiary/aromatic N) is 3. The number of rotatable bonds is 7. The van der Waals surface area contributed by atoms with Crippen molar-refractivity contribution in [3.8, 4) is 0 Å². The Bertz CT molecular complexity index is 944. The first-order valence-corrected chi connectivity index (χ1v) is 9.67. The third kappa shape index (κ3) is 4.09. The average molecular weight is 388 g/mol. The van der Waals surface area contributed by atoms with Crippen LogP contribution in [0.3, 0.4) is 0 Å². The van der Waals surface area contributed by atoms with Gasteiger partial charge in [-0.1, -0.05) is 0 Å². The summed E-state index contributed by atoms with van der Waals surface area (Å²) in [6, 6.07) is 10.9. The van der Waals surface area contributed by atoms with Gasteiger partial charge in [-0.3, -0.25) is 9.48 Å². The molecule has 0 saturated carbocycles. The summed E-state index contributed by atoms with van der Waals surface area (Å²) in [6.45, 7) is 0.270. The molecule has 2 heterocycles. The molecule has 0 unspecified atom stereocenters. The van der Waals surface area contributed by atoms with Gasteiger partial charge in [0.25, 0.3) is 5.91 Å². The van der Waals surface area contributed by atoms with E-state index in [1.54, 1.807) is 35.5 Å². The normalized spacial score (nSPS) is 12.9. The van der Waals surface area contributed by atoms with Crippen molar-refractivity contribution in [2.24, 2.45) is 0 Å². The zero-order valence-corrected chi connectivity index (χ0v) is 15.8. The number of hydrogen-bond donors (Lipinski definition) is 1. The van der Waals surface area contributed by atoms with Crippen LogP contribution in [0.1, 0.15) is 22.2 Å². The number of amides is 1. The molecule has 27 heavy (non-hydrogen) atoms. The van der Waals surface area contributed by atoms with Crippen LogP contribution in [0.15, 0.2) is 70.4 Å². The van der Waals surface area contributed by atoms with Crippen molar-refractivity contribution in [1.29, 1.82) is 0 Å². The van der Waals surface area contributed by atoms with Crippen molar-refractivity contribution in [2.75, 3.05) is 20.6 Å². The first-order chi connectivity index (χ1) is 12.9. The molecule has 0 aliphatic rings. The molecule has 3 rings (SSSR count). The van der Waals surface area contributed by atoms with Gasteiger partial charge in [-0.15, -0.1) is 0 Å². The predicted octanol–water partition coefficient (Wildman–Crippen LogP) is 1.75. The molecule has 0 fully saturated rings. The number of carbonyl (C=O) groups excluding carboxylic acids is 1. The number of benzene rings is 1. The largest absolute Gasteiger partial charge is 0.467 e. The summed E-state index contributed by atoms with van der Waals surface area (Å²) in [5.74, 6) is 0.360. The number of carbonyl (C=O) groups is 1. The maximum absolute atomic E-state index is 12.5. The molecule has 142 valence electrons. The maximum Gasteiger partial charge on any atom is 0.251 e. The summed E-state index contributed by atoms with van der Waals surface area (Å²) in [6.07, 6.45) is 5.01. The second-order valence-corrected chi connectivity index (χ2v) is 8.19. The minimum atomic E-state index is -3.53. The third-order valence-electron chi connectivity index (χ3n) is 4.07. The van der Waals surface area contributed by atoms with Crippen molar-refractivity contribution in [3.05, 3.63) is 72.4 Å². The third-order valence-corrected chi connectivity index (χ3v) is 5.90. The Hall–Kier alpha value is -2.91.